The van der Waals surface area contributed by atoms with Crippen molar-refractivity contribution in [1.82, 2.24) is 20.0 Å². The molecule has 2 aliphatic heterocycles. The third-order valence-electron chi connectivity index (χ3n) is 4.71. The van der Waals surface area contributed by atoms with E-state index >= 15 is 0 Å². The van der Waals surface area contributed by atoms with E-state index in [1.165, 1.54) is 4.90 Å². The maximum absolute atomic E-state index is 12.1. The van der Waals surface area contributed by atoms with E-state index in [1.807, 2.05) is 5.32 Å². The smallest absolute Gasteiger partial charge is 0.329 e. The number of likely N-dealkylation sites (N-methyl/N-ethyl adjacent to an activating group) is 1. The van der Waals surface area contributed by atoms with Crippen LogP contribution in [0.4, 0.5) is 18.0 Å². The van der Waals surface area contributed by atoms with E-state index in [0.29, 0.717) is 6.04 Å². The van der Waals surface area contributed by atoms with Crippen LogP contribution in [0.3, 0.4) is 0 Å². The topological polar surface area (TPSA) is 38.8 Å². The highest BCUT2D eigenvalue weighted by atomic mass is 19.4. The van der Waals surface area contributed by atoms with Crippen LogP contribution in [-0.2, 0) is 0 Å². The molecule has 0 aliphatic carbocycles. The van der Waals surface area contributed by atoms with Gasteiger partial charge in [0.05, 0.1) is 0 Å². The fourth-order valence-corrected chi connectivity index (χ4v) is 3.24. The number of hydrogen-bond donors (Lipinski definition) is 1. The molecule has 2 rings (SSSR count). The highest BCUT2D eigenvalue weighted by molar-refractivity contribution is 5.74. The van der Waals surface area contributed by atoms with Crippen molar-refractivity contribution in [3.63, 3.8) is 0 Å². The molecule has 1 atom stereocenters. The number of likely N-dealkylation sites (tertiary alicyclic amines) is 2. The first-order valence-corrected chi connectivity index (χ1v) is 7.76. The molecule has 2 saturated heterocycles. The molecule has 1 unspecified atom stereocenters. The predicted molar refractivity (Wildman–Crippen MR) is 77.7 cm³/mol. The van der Waals surface area contributed by atoms with Gasteiger partial charge in [-0.2, -0.15) is 13.2 Å². The summed E-state index contributed by atoms with van der Waals surface area (Å²) in [7, 11) is 3.69. The molecule has 1 N–H and O–H groups in total. The quantitative estimate of drug-likeness (QED) is 0.853. The van der Waals surface area contributed by atoms with Gasteiger partial charge < -0.3 is 15.1 Å². The maximum Gasteiger partial charge on any atom is 0.405 e. The Bertz CT molecular complexity index is 383. The first-order valence-electron chi connectivity index (χ1n) is 7.76. The van der Waals surface area contributed by atoms with E-state index in [9.17, 15) is 18.0 Å². The molecular weight excluding hydrogens is 297 g/mol. The normalized spacial score (nSPS) is 25.4. The fraction of sp³-hybridized carbons (Fsp3) is 0.929. The number of rotatable bonds is 3. The number of hydrogen-bond acceptors (Lipinski definition) is 3. The van der Waals surface area contributed by atoms with Crippen LogP contribution in [0.25, 0.3) is 0 Å². The first kappa shape index (κ1) is 17.3. The molecule has 2 heterocycles. The molecule has 0 aromatic rings. The van der Waals surface area contributed by atoms with Crippen molar-refractivity contribution in [1.29, 1.82) is 0 Å². The van der Waals surface area contributed by atoms with Gasteiger partial charge in [-0.3, -0.25) is 4.90 Å². The largest absolute Gasteiger partial charge is 0.405 e. The number of nitrogens with one attached hydrogen (secondary N) is 1. The zero-order chi connectivity index (χ0) is 16.3. The van der Waals surface area contributed by atoms with Crippen LogP contribution in [0.5, 0.6) is 0 Å². The second-order valence-corrected chi connectivity index (χ2v) is 6.36. The van der Waals surface area contributed by atoms with Gasteiger partial charge in [-0.1, -0.05) is 0 Å². The zero-order valence-corrected chi connectivity index (χ0v) is 13.2. The lowest BCUT2D eigenvalue weighted by Crippen LogP contribution is -2.48. The third kappa shape index (κ3) is 4.74. The van der Waals surface area contributed by atoms with Gasteiger partial charge in [-0.15, -0.1) is 0 Å². The Morgan fingerprint density at radius 1 is 1.23 bits per heavy atom. The van der Waals surface area contributed by atoms with E-state index in [1.54, 1.807) is 7.05 Å². The number of carbonyl (C=O) groups is 1. The summed E-state index contributed by atoms with van der Waals surface area (Å²) in [5.41, 5.74) is 0. The van der Waals surface area contributed by atoms with E-state index in [0.717, 1.165) is 45.4 Å². The number of nitrogens with zero attached hydrogens (tertiary/aromatic N) is 3. The molecule has 0 saturated carbocycles. The number of piperidine rings is 1. The standard InChI is InChI=1S/C14H25F3N4O/c1-19-6-3-11(4-7-19)21-8-5-12(9-21)20(2)13(22)18-10-14(15,16)17/h11-12H,3-10H2,1-2H3,(H,18,22). The molecule has 0 bridgehead atoms. The zero-order valence-electron chi connectivity index (χ0n) is 13.2. The van der Waals surface area contributed by atoms with Gasteiger partial charge in [0.2, 0.25) is 0 Å². The van der Waals surface area contributed by atoms with Crippen LogP contribution in [0.2, 0.25) is 0 Å². The minimum absolute atomic E-state index is 0.00658. The molecule has 0 spiro atoms. The highest BCUT2D eigenvalue weighted by Gasteiger charge is 2.34. The Kier molecular flexibility index (Phi) is 5.55. The van der Waals surface area contributed by atoms with Gasteiger partial charge in [0, 0.05) is 32.2 Å². The average Bonchev–Trinajstić information content (AvgIpc) is 2.93. The molecule has 2 fully saturated rings. The van der Waals surface area contributed by atoms with Gasteiger partial charge in [-0.25, -0.2) is 4.79 Å². The van der Waals surface area contributed by atoms with Gasteiger partial charge in [0.1, 0.15) is 6.54 Å². The summed E-state index contributed by atoms with van der Waals surface area (Å²) in [4.78, 5) is 17.9. The van der Waals surface area contributed by atoms with Crippen molar-refractivity contribution in [2.75, 3.05) is 46.8 Å². The summed E-state index contributed by atoms with van der Waals surface area (Å²) >= 11 is 0. The van der Waals surface area contributed by atoms with Gasteiger partial charge in [-0.05, 0) is 39.4 Å². The number of halogens is 3. The minimum Gasteiger partial charge on any atom is -0.329 e. The Balaban J connectivity index is 1.78. The molecule has 2 aliphatic rings. The van der Waals surface area contributed by atoms with Crippen LogP contribution in [0, 0.1) is 0 Å². The van der Waals surface area contributed by atoms with Crippen molar-refractivity contribution in [3.05, 3.63) is 0 Å². The van der Waals surface area contributed by atoms with Crippen molar-refractivity contribution in [2.45, 2.75) is 37.5 Å². The molecule has 0 radical (unpaired) electrons. The van der Waals surface area contributed by atoms with Crippen molar-refractivity contribution in [2.24, 2.45) is 0 Å². The second-order valence-electron chi connectivity index (χ2n) is 6.36. The van der Waals surface area contributed by atoms with Crippen molar-refractivity contribution < 1.29 is 18.0 Å². The summed E-state index contributed by atoms with van der Waals surface area (Å²) in [6.45, 7) is 2.54. The molecule has 0 aromatic heterocycles. The van der Waals surface area contributed by atoms with Gasteiger partial charge >= 0.3 is 12.2 Å². The number of alkyl halides is 3. The summed E-state index contributed by atoms with van der Waals surface area (Å²) in [5.74, 6) is 0. The van der Waals surface area contributed by atoms with Crippen LogP contribution >= 0.6 is 0 Å². The Hall–Kier alpha value is -1.02. The second kappa shape index (κ2) is 7.04. The van der Waals surface area contributed by atoms with E-state index in [-0.39, 0.29) is 6.04 Å². The van der Waals surface area contributed by atoms with E-state index < -0.39 is 18.8 Å². The summed E-state index contributed by atoms with van der Waals surface area (Å²) in [5, 5.41) is 1.94. The van der Waals surface area contributed by atoms with Gasteiger partial charge in [0.15, 0.2) is 0 Å². The Morgan fingerprint density at radius 2 is 1.86 bits per heavy atom. The van der Waals surface area contributed by atoms with Crippen molar-refractivity contribution >= 4 is 6.03 Å². The summed E-state index contributed by atoms with van der Waals surface area (Å²) < 4.78 is 36.4. The lowest BCUT2D eigenvalue weighted by Gasteiger charge is -2.35. The lowest BCUT2D eigenvalue weighted by atomic mass is 10.0. The molecule has 5 nitrogen and oxygen atoms in total. The minimum atomic E-state index is -4.37. The summed E-state index contributed by atoms with van der Waals surface area (Å²) in [6, 6.07) is -0.117. The van der Waals surface area contributed by atoms with E-state index in [2.05, 4.69) is 16.8 Å². The molecular formula is C14H25F3N4O. The Morgan fingerprint density at radius 3 is 2.45 bits per heavy atom. The van der Waals surface area contributed by atoms with Crippen molar-refractivity contribution in [3.8, 4) is 0 Å². The van der Waals surface area contributed by atoms with Gasteiger partial charge in [0.25, 0.3) is 0 Å². The number of urea groups is 1. The van der Waals surface area contributed by atoms with Crippen LogP contribution in [0.15, 0.2) is 0 Å². The lowest BCUT2D eigenvalue weighted by molar-refractivity contribution is -0.123. The number of carbonyl (C=O) groups excluding carboxylic acids is 1. The molecule has 128 valence electrons. The molecule has 0 aromatic carbocycles. The average molecular weight is 322 g/mol. The predicted octanol–water partition coefficient (Wildman–Crippen LogP) is 1.36. The summed E-state index contributed by atoms with van der Waals surface area (Å²) in [6.07, 6.45) is -1.31. The van der Waals surface area contributed by atoms with Crippen LogP contribution < -0.4 is 5.32 Å². The SMILES string of the molecule is CN1CCC(N2CCC(N(C)C(=O)NCC(F)(F)F)C2)CC1. The first-order chi connectivity index (χ1) is 10.3. The molecule has 8 heteroatoms. The third-order valence-corrected chi connectivity index (χ3v) is 4.71. The monoisotopic (exact) mass is 322 g/mol. The number of amides is 2. The maximum atomic E-state index is 12.1. The fourth-order valence-electron chi connectivity index (χ4n) is 3.24. The molecule has 22 heavy (non-hydrogen) atoms. The highest BCUT2D eigenvalue weighted by Crippen LogP contribution is 2.23. The van der Waals surface area contributed by atoms with E-state index in [4.69, 9.17) is 0 Å². The molecule has 2 amide bonds. The van der Waals surface area contributed by atoms with Crippen LogP contribution in [0.1, 0.15) is 19.3 Å². The Labute approximate surface area is 129 Å². The van der Waals surface area contributed by atoms with Crippen LogP contribution in [-0.4, -0.2) is 85.8 Å².